The van der Waals surface area contributed by atoms with Gasteiger partial charge in [0, 0.05) is 5.02 Å². The highest BCUT2D eigenvalue weighted by Gasteiger charge is 2.40. The monoisotopic (exact) mass is 254 g/mol. The Morgan fingerprint density at radius 3 is 2.65 bits per heavy atom. The molecule has 0 aromatic heterocycles. The van der Waals surface area contributed by atoms with Crippen molar-refractivity contribution in [2.24, 2.45) is 0 Å². The summed E-state index contributed by atoms with van der Waals surface area (Å²) in [6.45, 7) is 0. The summed E-state index contributed by atoms with van der Waals surface area (Å²) in [4.78, 5) is 12.3. The average molecular weight is 255 g/mol. The minimum Gasteiger partial charge on any atom is -0.496 e. The van der Waals surface area contributed by atoms with Gasteiger partial charge >= 0.3 is 0 Å². The van der Waals surface area contributed by atoms with Crippen molar-refractivity contribution < 1.29 is 14.6 Å². The van der Waals surface area contributed by atoms with E-state index in [9.17, 15) is 9.90 Å². The van der Waals surface area contributed by atoms with Crippen LogP contribution in [0.5, 0.6) is 5.75 Å². The third-order valence-corrected chi connectivity index (χ3v) is 3.49. The van der Waals surface area contributed by atoms with Crippen LogP contribution in [0.1, 0.15) is 36.0 Å². The minimum atomic E-state index is -1.24. The van der Waals surface area contributed by atoms with Gasteiger partial charge in [0.05, 0.1) is 12.7 Å². The van der Waals surface area contributed by atoms with Gasteiger partial charge < -0.3 is 9.84 Å². The fourth-order valence-corrected chi connectivity index (χ4v) is 2.47. The van der Waals surface area contributed by atoms with E-state index in [2.05, 4.69) is 0 Å². The molecule has 17 heavy (non-hydrogen) atoms. The zero-order valence-corrected chi connectivity index (χ0v) is 10.5. The predicted octanol–water partition coefficient (Wildman–Crippen LogP) is 2.84. The van der Waals surface area contributed by atoms with Crippen molar-refractivity contribution in [3.8, 4) is 5.75 Å². The zero-order valence-electron chi connectivity index (χ0n) is 9.70. The van der Waals surface area contributed by atoms with E-state index in [1.807, 2.05) is 0 Å². The Balaban J connectivity index is 2.39. The molecule has 0 bridgehead atoms. The van der Waals surface area contributed by atoms with Crippen LogP contribution in [0.3, 0.4) is 0 Å². The third-order valence-electron chi connectivity index (χ3n) is 3.26. The van der Waals surface area contributed by atoms with E-state index in [1.54, 1.807) is 18.2 Å². The highest BCUT2D eigenvalue weighted by Crippen LogP contribution is 2.35. The van der Waals surface area contributed by atoms with E-state index >= 15 is 0 Å². The van der Waals surface area contributed by atoms with Crippen LogP contribution < -0.4 is 4.74 Å². The second-order valence-corrected chi connectivity index (χ2v) is 4.85. The number of benzene rings is 1. The van der Waals surface area contributed by atoms with Crippen LogP contribution in [0.4, 0.5) is 0 Å². The van der Waals surface area contributed by atoms with Crippen molar-refractivity contribution in [3.63, 3.8) is 0 Å². The molecular formula is C13H15ClO3. The Bertz CT molecular complexity index is 436. The van der Waals surface area contributed by atoms with Crippen LogP contribution in [0.25, 0.3) is 0 Å². The lowest BCUT2D eigenvalue weighted by Crippen LogP contribution is -2.35. The molecule has 92 valence electrons. The SMILES string of the molecule is COc1ccc(Cl)cc1C(=O)C1(O)CCCC1. The van der Waals surface area contributed by atoms with E-state index in [4.69, 9.17) is 16.3 Å². The first-order valence-corrected chi connectivity index (χ1v) is 6.05. The maximum Gasteiger partial charge on any atom is 0.198 e. The molecular weight excluding hydrogens is 240 g/mol. The Morgan fingerprint density at radius 2 is 2.06 bits per heavy atom. The van der Waals surface area contributed by atoms with Gasteiger partial charge in [0.2, 0.25) is 0 Å². The van der Waals surface area contributed by atoms with E-state index in [1.165, 1.54) is 7.11 Å². The Hall–Kier alpha value is -1.06. The van der Waals surface area contributed by atoms with Crippen molar-refractivity contribution >= 4 is 17.4 Å². The van der Waals surface area contributed by atoms with Crippen LogP contribution in [0, 0.1) is 0 Å². The lowest BCUT2D eigenvalue weighted by Gasteiger charge is -2.21. The normalized spacial score (nSPS) is 18.1. The van der Waals surface area contributed by atoms with Gasteiger partial charge in [-0.2, -0.15) is 0 Å². The number of aliphatic hydroxyl groups is 1. The molecule has 0 aliphatic heterocycles. The summed E-state index contributed by atoms with van der Waals surface area (Å²) in [7, 11) is 1.50. The first kappa shape index (κ1) is 12.4. The molecule has 1 aliphatic carbocycles. The number of methoxy groups -OCH3 is 1. The lowest BCUT2D eigenvalue weighted by molar-refractivity contribution is 0.0350. The fourth-order valence-electron chi connectivity index (χ4n) is 2.30. The Labute approximate surface area is 105 Å². The molecule has 3 nitrogen and oxygen atoms in total. The van der Waals surface area contributed by atoms with Crippen LogP contribution in [-0.2, 0) is 0 Å². The van der Waals surface area contributed by atoms with E-state index in [0.29, 0.717) is 29.2 Å². The van der Waals surface area contributed by atoms with Crippen LogP contribution in [0.15, 0.2) is 18.2 Å². The van der Waals surface area contributed by atoms with Gasteiger partial charge in [0.1, 0.15) is 11.4 Å². The summed E-state index contributed by atoms with van der Waals surface area (Å²) in [5.41, 5.74) is -0.873. The molecule has 0 unspecified atom stereocenters. The molecule has 0 heterocycles. The molecule has 1 fully saturated rings. The highest BCUT2D eigenvalue weighted by molar-refractivity contribution is 6.31. The topological polar surface area (TPSA) is 46.5 Å². The number of hydrogen-bond donors (Lipinski definition) is 1. The number of Topliss-reactive ketones (excluding diaryl/α,β-unsaturated/α-hetero) is 1. The number of ketones is 1. The molecule has 1 aromatic carbocycles. The van der Waals surface area contributed by atoms with Crippen LogP contribution in [-0.4, -0.2) is 23.6 Å². The molecule has 1 aliphatic rings. The van der Waals surface area contributed by atoms with Gasteiger partial charge in [-0.3, -0.25) is 4.79 Å². The number of hydrogen-bond acceptors (Lipinski definition) is 3. The number of carbonyl (C=O) groups is 1. The van der Waals surface area contributed by atoms with Crippen LogP contribution in [0.2, 0.25) is 5.02 Å². The standard InChI is InChI=1S/C13H15ClO3/c1-17-11-5-4-9(14)8-10(11)12(15)13(16)6-2-3-7-13/h4-5,8,16H,2-3,6-7H2,1H3. The summed E-state index contributed by atoms with van der Waals surface area (Å²) in [5.74, 6) is 0.175. The largest absolute Gasteiger partial charge is 0.496 e. The maximum atomic E-state index is 12.3. The number of ether oxygens (including phenoxy) is 1. The molecule has 4 heteroatoms. The first-order chi connectivity index (χ1) is 8.07. The van der Waals surface area contributed by atoms with E-state index < -0.39 is 5.60 Å². The van der Waals surface area contributed by atoms with Crippen molar-refractivity contribution in [1.82, 2.24) is 0 Å². The van der Waals surface area contributed by atoms with E-state index in [-0.39, 0.29) is 5.78 Å². The van der Waals surface area contributed by atoms with Crippen molar-refractivity contribution in [1.29, 1.82) is 0 Å². The molecule has 1 saturated carbocycles. The molecule has 0 atom stereocenters. The fraction of sp³-hybridized carbons (Fsp3) is 0.462. The molecule has 2 rings (SSSR count). The lowest BCUT2D eigenvalue weighted by atomic mass is 9.91. The summed E-state index contributed by atoms with van der Waals surface area (Å²) in [5, 5.41) is 10.7. The quantitative estimate of drug-likeness (QED) is 0.844. The average Bonchev–Trinajstić information content (AvgIpc) is 2.76. The maximum absolute atomic E-state index is 12.3. The Morgan fingerprint density at radius 1 is 1.41 bits per heavy atom. The van der Waals surface area contributed by atoms with Crippen molar-refractivity contribution in [2.75, 3.05) is 7.11 Å². The third kappa shape index (κ3) is 2.31. The number of halogens is 1. The molecule has 1 aromatic rings. The highest BCUT2D eigenvalue weighted by atomic mass is 35.5. The van der Waals surface area contributed by atoms with Gasteiger partial charge in [-0.25, -0.2) is 0 Å². The predicted molar refractivity (Wildman–Crippen MR) is 65.8 cm³/mol. The van der Waals surface area contributed by atoms with E-state index in [0.717, 1.165) is 12.8 Å². The zero-order chi connectivity index (χ0) is 12.5. The molecule has 0 amide bonds. The summed E-state index contributed by atoms with van der Waals surface area (Å²) in [6.07, 6.45) is 2.79. The number of carbonyl (C=O) groups excluding carboxylic acids is 1. The number of rotatable bonds is 3. The van der Waals surface area contributed by atoms with Gasteiger partial charge in [0.25, 0.3) is 0 Å². The minimum absolute atomic E-state index is 0.283. The first-order valence-electron chi connectivity index (χ1n) is 5.67. The van der Waals surface area contributed by atoms with Gasteiger partial charge in [-0.1, -0.05) is 11.6 Å². The van der Waals surface area contributed by atoms with Gasteiger partial charge in [-0.15, -0.1) is 0 Å². The summed E-state index contributed by atoms with van der Waals surface area (Å²) >= 11 is 5.88. The second kappa shape index (κ2) is 4.67. The summed E-state index contributed by atoms with van der Waals surface area (Å²) in [6, 6.07) is 4.86. The molecule has 0 radical (unpaired) electrons. The molecule has 0 spiro atoms. The van der Waals surface area contributed by atoms with Gasteiger partial charge in [0.15, 0.2) is 5.78 Å². The molecule has 1 N–H and O–H groups in total. The summed E-state index contributed by atoms with van der Waals surface area (Å²) < 4.78 is 5.14. The Kier molecular flexibility index (Phi) is 3.40. The van der Waals surface area contributed by atoms with Gasteiger partial charge in [-0.05, 0) is 43.9 Å². The smallest absolute Gasteiger partial charge is 0.198 e. The van der Waals surface area contributed by atoms with Crippen molar-refractivity contribution in [2.45, 2.75) is 31.3 Å². The van der Waals surface area contributed by atoms with Crippen molar-refractivity contribution in [3.05, 3.63) is 28.8 Å². The second-order valence-electron chi connectivity index (χ2n) is 4.41. The molecule has 0 saturated heterocycles. The van der Waals surface area contributed by atoms with Crippen LogP contribution >= 0.6 is 11.6 Å².